The zero-order chi connectivity index (χ0) is 19.5. The van der Waals surface area contributed by atoms with Crippen LogP contribution in [0.4, 0.5) is 4.39 Å². The molecule has 0 amide bonds. The van der Waals surface area contributed by atoms with Crippen LogP contribution in [-0.4, -0.2) is 15.2 Å². The number of hydrogen-bond acceptors (Lipinski definition) is 6. The molecule has 5 nitrogen and oxygen atoms in total. The SMILES string of the molecule is CC(Oc1ccc(F)cc1)c1nnc(SCc2cc3ccccc3nc2Cl)o1. The van der Waals surface area contributed by atoms with E-state index in [9.17, 15) is 4.39 Å². The molecule has 0 aliphatic carbocycles. The molecule has 0 saturated carbocycles. The second kappa shape index (κ2) is 8.16. The van der Waals surface area contributed by atoms with Crippen molar-refractivity contribution >= 4 is 34.3 Å². The van der Waals surface area contributed by atoms with Crippen molar-refractivity contribution in [3.63, 3.8) is 0 Å². The number of fused-ring (bicyclic) bond motifs is 1. The Morgan fingerprint density at radius 3 is 2.75 bits per heavy atom. The molecule has 2 heterocycles. The van der Waals surface area contributed by atoms with Crippen molar-refractivity contribution < 1.29 is 13.5 Å². The first-order valence-corrected chi connectivity index (χ1v) is 9.87. The summed E-state index contributed by atoms with van der Waals surface area (Å²) in [6, 6.07) is 15.6. The topological polar surface area (TPSA) is 61.0 Å². The third kappa shape index (κ3) is 4.26. The largest absolute Gasteiger partial charge is 0.481 e. The summed E-state index contributed by atoms with van der Waals surface area (Å²) in [5.74, 6) is 1.09. The van der Waals surface area contributed by atoms with Crippen molar-refractivity contribution in [3.05, 3.63) is 77.0 Å². The monoisotopic (exact) mass is 415 g/mol. The molecule has 0 fully saturated rings. The van der Waals surface area contributed by atoms with Crippen LogP contribution in [0.25, 0.3) is 10.9 Å². The fourth-order valence-electron chi connectivity index (χ4n) is 2.59. The fraction of sp³-hybridized carbons (Fsp3) is 0.150. The second-order valence-electron chi connectivity index (χ2n) is 6.04. The van der Waals surface area contributed by atoms with Crippen LogP contribution in [0.15, 0.2) is 64.2 Å². The molecular formula is C20H15ClFN3O2S. The van der Waals surface area contributed by atoms with Gasteiger partial charge in [0.15, 0.2) is 6.10 Å². The standard InChI is InChI=1S/C20H15ClFN3O2S/c1-12(26-16-8-6-15(22)7-9-16)19-24-25-20(27-19)28-11-14-10-13-4-2-3-5-17(13)23-18(14)21/h2-10,12H,11H2,1H3. The van der Waals surface area contributed by atoms with Gasteiger partial charge in [-0.1, -0.05) is 41.6 Å². The summed E-state index contributed by atoms with van der Waals surface area (Å²) < 4.78 is 24.3. The van der Waals surface area contributed by atoms with Crippen LogP contribution in [0.2, 0.25) is 5.15 Å². The Hall–Kier alpha value is -2.64. The molecule has 1 atom stereocenters. The van der Waals surface area contributed by atoms with Gasteiger partial charge in [0.2, 0.25) is 0 Å². The highest BCUT2D eigenvalue weighted by atomic mass is 35.5. The Balaban J connectivity index is 1.42. The second-order valence-corrected chi connectivity index (χ2v) is 7.32. The van der Waals surface area contributed by atoms with Crippen molar-refractivity contribution in [2.75, 3.05) is 0 Å². The van der Waals surface area contributed by atoms with E-state index in [0.29, 0.717) is 27.8 Å². The lowest BCUT2D eigenvalue weighted by atomic mass is 10.2. The highest BCUT2D eigenvalue weighted by Gasteiger charge is 2.17. The summed E-state index contributed by atoms with van der Waals surface area (Å²) in [7, 11) is 0. The van der Waals surface area contributed by atoms with Crippen molar-refractivity contribution in [2.24, 2.45) is 0 Å². The van der Waals surface area contributed by atoms with Crippen LogP contribution in [0.5, 0.6) is 5.75 Å². The number of nitrogens with zero attached hydrogens (tertiary/aromatic N) is 3. The third-order valence-electron chi connectivity index (χ3n) is 4.00. The lowest BCUT2D eigenvalue weighted by Crippen LogP contribution is -2.03. The van der Waals surface area contributed by atoms with Gasteiger partial charge in [0.1, 0.15) is 16.7 Å². The van der Waals surface area contributed by atoms with Crippen molar-refractivity contribution in [1.29, 1.82) is 0 Å². The summed E-state index contributed by atoms with van der Waals surface area (Å²) in [6.45, 7) is 1.79. The van der Waals surface area contributed by atoms with Crippen LogP contribution in [0, 0.1) is 5.82 Å². The average Bonchev–Trinajstić information content (AvgIpc) is 3.17. The average molecular weight is 416 g/mol. The molecule has 2 aromatic heterocycles. The lowest BCUT2D eigenvalue weighted by Gasteiger charge is -2.10. The number of thioether (sulfide) groups is 1. The number of pyridine rings is 1. The normalized spacial score (nSPS) is 12.2. The number of halogens is 2. The number of aromatic nitrogens is 3. The molecule has 1 unspecified atom stereocenters. The quantitative estimate of drug-likeness (QED) is 0.291. The maximum atomic E-state index is 13.0. The van der Waals surface area contributed by atoms with Gasteiger partial charge in [-0.2, -0.15) is 0 Å². The Morgan fingerprint density at radius 2 is 1.93 bits per heavy atom. The maximum absolute atomic E-state index is 13.0. The van der Waals surface area contributed by atoms with E-state index in [0.717, 1.165) is 16.5 Å². The van der Waals surface area contributed by atoms with E-state index in [1.165, 1.54) is 23.9 Å². The minimum absolute atomic E-state index is 0.321. The van der Waals surface area contributed by atoms with Gasteiger partial charge in [0.25, 0.3) is 11.1 Å². The zero-order valence-electron chi connectivity index (χ0n) is 14.8. The molecule has 0 radical (unpaired) electrons. The molecule has 0 N–H and O–H groups in total. The van der Waals surface area contributed by atoms with E-state index in [2.05, 4.69) is 15.2 Å². The van der Waals surface area contributed by atoms with Gasteiger partial charge in [-0.3, -0.25) is 0 Å². The molecule has 4 aromatic rings. The number of benzene rings is 2. The van der Waals surface area contributed by atoms with Gasteiger partial charge in [0, 0.05) is 16.7 Å². The Labute approximate surface area is 169 Å². The lowest BCUT2D eigenvalue weighted by molar-refractivity contribution is 0.181. The Morgan fingerprint density at radius 1 is 1.14 bits per heavy atom. The van der Waals surface area contributed by atoms with Crippen LogP contribution in [0.3, 0.4) is 0 Å². The third-order valence-corrected chi connectivity index (χ3v) is 5.19. The molecule has 0 aliphatic heterocycles. The molecule has 0 bridgehead atoms. The minimum atomic E-state index is -0.460. The number of hydrogen-bond donors (Lipinski definition) is 0. The van der Waals surface area contributed by atoms with Gasteiger partial charge in [-0.15, -0.1) is 10.2 Å². The molecule has 8 heteroatoms. The van der Waals surface area contributed by atoms with Crippen molar-refractivity contribution in [2.45, 2.75) is 24.0 Å². The first kappa shape index (κ1) is 18.7. The first-order chi connectivity index (χ1) is 13.6. The molecule has 0 spiro atoms. The van der Waals surface area contributed by atoms with Crippen LogP contribution < -0.4 is 4.74 Å². The molecule has 28 heavy (non-hydrogen) atoms. The smallest absolute Gasteiger partial charge is 0.277 e. The predicted molar refractivity (Wildman–Crippen MR) is 106 cm³/mol. The summed E-state index contributed by atoms with van der Waals surface area (Å²) in [5.41, 5.74) is 1.74. The fourth-order valence-corrected chi connectivity index (χ4v) is 3.62. The molecule has 4 rings (SSSR count). The Kier molecular flexibility index (Phi) is 5.45. The van der Waals surface area contributed by atoms with Crippen LogP contribution >= 0.6 is 23.4 Å². The highest BCUT2D eigenvalue weighted by Crippen LogP contribution is 2.29. The van der Waals surface area contributed by atoms with Gasteiger partial charge in [-0.25, -0.2) is 9.37 Å². The van der Waals surface area contributed by atoms with E-state index in [4.69, 9.17) is 20.8 Å². The minimum Gasteiger partial charge on any atom is -0.481 e. The van der Waals surface area contributed by atoms with Crippen LogP contribution in [-0.2, 0) is 5.75 Å². The van der Waals surface area contributed by atoms with E-state index >= 15 is 0 Å². The summed E-state index contributed by atoms with van der Waals surface area (Å²) in [6.07, 6.45) is -0.460. The summed E-state index contributed by atoms with van der Waals surface area (Å²) in [5, 5.41) is 9.96. The highest BCUT2D eigenvalue weighted by molar-refractivity contribution is 7.98. The van der Waals surface area contributed by atoms with Gasteiger partial charge in [-0.05, 0) is 43.3 Å². The van der Waals surface area contributed by atoms with Gasteiger partial charge >= 0.3 is 0 Å². The number of para-hydroxylation sites is 1. The molecule has 142 valence electrons. The summed E-state index contributed by atoms with van der Waals surface area (Å²) in [4.78, 5) is 4.41. The van der Waals surface area contributed by atoms with Gasteiger partial charge < -0.3 is 9.15 Å². The van der Waals surface area contributed by atoms with E-state index in [-0.39, 0.29) is 5.82 Å². The molecule has 0 aliphatic rings. The molecule has 2 aromatic carbocycles. The van der Waals surface area contributed by atoms with E-state index < -0.39 is 6.10 Å². The summed E-state index contributed by atoms with van der Waals surface area (Å²) >= 11 is 7.66. The van der Waals surface area contributed by atoms with Crippen molar-refractivity contribution in [3.8, 4) is 5.75 Å². The molecular weight excluding hydrogens is 401 g/mol. The number of rotatable bonds is 6. The first-order valence-electron chi connectivity index (χ1n) is 8.51. The van der Waals surface area contributed by atoms with E-state index in [1.807, 2.05) is 30.3 Å². The predicted octanol–water partition coefficient (Wildman–Crippen LogP) is 5.84. The molecule has 0 saturated heterocycles. The van der Waals surface area contributed by atoms with Crippen LogP contribution in [0.1, 0.15) is 24.5 Å². The maximum Gasteiger partial charge on any atom is 0.277 e. The zero-order valence-corrected chi connectivity index (χ0v) is 16.4. The number of ether oxygens (including phenoxy) is 1. The Bertz CT molecular complexity index is 1100. The van der Waals surface area contributed by atoms with Gasteiger partial charge in [0.05, 0.1) is 5.52 Å². The van der Waals surface area contributed by atoms with Crippen molar-refractivity contribution in [1.82, 2.24) is 15.2 Å². The van der Waals surface area contributed by atoms with E-state index in [1.54, 1.807) is 19.1 Å².